The molecule has 7 aromatic carbocycles. The second-order valence-electron chi connectivity index (χ2n) is 13.3. The monoisotopic (exact) mass is 684 g/mol. The van der Waals surface area contributed by atoms with Crippen molar-refractivity contribution in [1.82, 2.24) is 9.97 Å². The fourth-order valence-corrected chi connectivity index (χ4v) is 10.8. The summed E-state index contributed by atoms with van der Waals surface area (Å²) in [4.78, 5) is 12.9. The van der Waals surface area contributed by atoms with Crippen molar-refractivity contribution in [3.05, 3.63) is 192 Å². The number of thiophene rings is 1. The van der Waals surface area contributed by atoms with E-state index in [1.165, 1.54) is 63.3 Å². The van der Waals surface area contributed by atoms with Gasteiger partial charge in [-0.25, -0.2) is 9.97 Å². The third-order valence-corrected chi connectivity index (χ3v) is 12.8. The molecule has 2 aromatic heterocycles. The highest BCUT2D eigenvalue weighted by Crippen LogP contribution is 2.63. The Labute approximate surface area is 304 Å². The van der Waals surface area contributed by atoms with E-state index in [0.717, 1.165) is 33.9 Å². The summed E-state index contributed by atoms with van der Waals surface area (Å²) in [5.74, 6) is 0.730. The van der Waals surface area contributed by atoms with Gasteiger partial charge in [-0.05, 0) is 63.7 Å². The molecule has 11 rings (SSSR count). The van der Waals surface area contributed by atoms with Gasteiger partial charge in [0.1, 0.15) is 0 Å². The van der Waals surface area contributed by atoms with Gasteiger partial charge < -0.3 is 0 Å². The lowest BCUT2D eigenvalue weighted by atomic mass is 9.67. The Bertz CT molecular complexity index is 2730. The van der Waals surface area contributed by atoms with Gasteiger partial charge in [0, 0.05) is 46.7 Å². The van der Waals surface area contributed by atoms with Gasteiger partial charge in [-0.15, -0.1) is 11.3 Å². The third-order valence-electron chi connectivity index (χ3n) is 10.6. The molecule has 4 heteroatoms. The van der Waals surface area contributed by atoms with Crippen LogP contribution in [0.2, 0.25) is 0 Å². The average molecular weight is 685 g/mol. The van der Waals surface area contributed by atoms with E-state index in [-0.39, 0.29) is 5.41 Å². The van der Waals surface area contributed by atoms with Crippen LogP contribution in [0, 0.1) is 0 Å². The highest BCUT2D eigenvalue weighted by molar-refractivity contribution is 7.99. The zero-order chi connectivity index (χ0) is 33.5. The van der Waals surface area contributed by atoms with Crippen LogP contribution in [-0.2, 0) is 5.41 Å². The molecule has 1 aliphatic carbocycles. The number of fused-ring (bicyclic) bond motifs is 12. The van der Waals surface area contributed by atoms with E-state index in [0.29, 0.717) is 0 Å². The van der Waals surface area contributed by atoms with Crippen molar-refractivity contribution in [2.24, 2.45) is 0 Å². The summed E-state index contributed by atoms with van der Waals surface area (Å²) < 4.78 is 2.55. The zero-order valence-corrected chi connectivity index (χ0v) is 29.0. The molecule has 0 saturated carbocycles. The number of benzene rings is 7. The molecule has 0 radical (unpaired) electrons. The van der Waals surface area contributed by atoms with Crippen LogP contribution in [-0.4, -0.2) is 9.97 Å². The fourth-order valence-electron chi connectivity index (χ4n) is 8.45. The van der Waals surface area contributed by atoms with Gasteiger partial charge in [0.2, 0.25) is 0 Å². The van der Waals surface area contributed by atoms with Gasteiger partial charge in [-0.2, -0.15) is 0 Å². The number of hydrogen-bond donors (Lipinski definition) is 0. The van der Waals surface area contributed by atoms with E-state index in [2.05, 4.69) is 146 Å². The molecule has 238 valence electrons. The van der Waals surface area contributed by atoms with Crippen molar-refractivity contribution in [1.29, 1.82) is 0 Å². The molecule has 0 saturated heterocycles. The molecule has 0 N–H and O–H groups in total. The maximum atomic E-state index is 5.25. The summed E-state index contributed by atoms with van der Waals surface area (Å²) >= 11 is 3.78. The van der Waals surface area contributed by atoms with E-state index in [1.807, 2.05) is 47.4 Å². The number of nitrogens with zero attached hydrogens (tertiary/aromatic N) is 2. The normalized spacial score (nSPS) is 13.6. The van der Waals surface area contributed by atoms with E-state index < -0.39 is 0 Å². The minimum atomic E-state index is -0.390. The first-order chi connectivity index (χ1) is 25.3. The van der Waals surface area contributed by atoms with Gasteiger partial charge in [-0.1, -0.05) is 151 Å². The molecule has 1 aliphatic heterocycles. The maximum Gasteiger partial charge on any atom is 0.160 e. The summed E-state index contributed by atoms with van der Waals surface area (Å²) in [5, 5.41) is 2.52. The zero-order valence-electron chi connectivity index (χ0n) is 27.4. The molecule has 0 unspecified atom stereocenters. The smallest absolute Gasteiger partial charge is 0.160 e. The Kier molecular flexibility index (Phi) is 6.30. The quantitative estimate of drug-likeness (QED) is 0.185. The maximum absolute atomic E-state index is 5.25. The molecule has 3 heterocycles. The molecular formula is C47H28N2S2. The van der Waals surface area contributed by atoms with Gasteiger partial charge in [0.05, 0.1) is 16.8 Å². The molecule has 2 nitrogen and oxygen atoms in total. The number of hydrogen-bond acceptors (Lipinski definition) is 4. The molecule has 0 bridgehead atoms. The SMILES string of the molecule is c1ccc(-c2cc(-c3cccc4sc5cc6c(cc5c34)Sc3ccccc3C63c4ccccc4-c4ccccc43)nc(-c3ccccc3)n2)cc1. The van der Waals surface area contributed by atoms with Gasteiger partial charge >= 0.3 is 0 Å². The Balaban J connectivity index is 1.19. The van der Waals surface area contributed by atoms with Crippen LogP contribution >= 0.6 is 23.1 Å². The third kappa shape index (κ3) is 4.18. The predicted molar refractivity (Wildman–Crippen MR) is 213 cm³/mol. The Morgan fingerprint density at radius 1 is 0.412 bits per heavy atom. The Morgan fingerprint density at radius 2 is 1.02 bits per heavy atom. The highest BCUT2D eigenvalue weighted by Gasteiger charge is 2.50. The molecule has 1 spiro atoms. The minimum Gasteiger partial charge on any atom is -0.228 e. The second-order valence-corrected chi connectivity index (χ2v) is 15.4. The summed E-state index contributed by atoms with van der Waals surface area (Å²) in [5.41, 5.74) is 12.8. The fraction of sp³-hybridized carbons (Fsp3) is 0.0213. The first kappa shape index (κ1) is 29.0. The van der Waals surface area contributed by atoms with Crippen molar-refractivity contribution < 1.29 is 0 Å². The first-order valence-electron chi connectivity index (χ1n) is 17.2. The van der Waals surface area contributed by atoms with Crippen molar-refractivity contribution in [3.8, 4) is 45.0 Å². The molecular weight excluding hydrogens is 657 g/mol. The Morgan fingerprint density at radius 3 is 1.76 bits per heavy atom. The van der Waals surface area contributed by atoms with Crippen molar-refractivity contribution in [2.45, 2.75) is 15.2 Å². The molecule has 2 aliphatic rings. The van der Waals surface area contributed by atoms with E-state index in [9.17, 15) is 0 Å². The first-order valence-corrected chi connectivity index (χ1v) is 18.9. The molecule has 0 atom stereocenters. The lowest BCUT2D eigenvalue weighted by Gasteiger charge is -2.39. The molecule has 0 fully saturated rings. The molecule has 51 heavy (non-hydrogen) atoms. The van der Waals surface area contributed by atoms with Crippen LogP contribution in [0.5, 0.6) is 0 Å². The van der Waals surface area contributed by atoms with Crippen LogP contribution in [0.15, 0.2) is 180 Å². The standard InChI is InChI=1S/C47H28N2S2/c1-3-14-29(15-4-1)39-28-40(49-46(48-39)30-16-5-2-6-17-30)33-20-13-25-42-45(33)34-26-44-38(27-43(34)51-42)47(37-23-11-12-24-41(37)50-44)35-21-9-7-18-31(35)32-19-8-10-22-36(32)47/h1-28H. The summed E-state index contributed by atoms with van der Waals surface area (Å²) in [7, 11) is 0. The number of rotatable bonds is 3. The highest BCUT2D eigenvalue weighted by atomic mass is 32.2. The van der Waals surface area contributed by atoms with E-state index >= 15 is 0 Å². The molecule has 0 amide bonds. The predicted octanol–water partition coefficient (Wildman–Crippen LogP) is 12.7. The summed E-state index contributed by atoms with van der Waals surface area (Å²) in [6.45, 7) is 0. The van der Waals surface area contributed by atoms with Gasteiger partial charge in [-0.3, -0.25) is 0 Å². The second kappa shape index (κ2) is 11.1. The Hall–Kier alpha value is -5.81. The van der Waals surface area contributed by atoms with Crippen molar-refractivity contribution in [3.63, 3.8) is 0 Å². The van der Waals surface area contributed by atoms with Gasteiger partial charge in [0.15, 0.2) is 5.82 Å². The lowest BCUT2D eigenvalue weighted by molar-refractivity contribution is 0.724. The van der Waals surface area contributed by atoms with Crippen LogP contribution in [0.25, 0.3) is 65.2 Å². The molecule has 9 aromatic rings. The van der Waals surface area contributed by atoms with Crippen molar-refractivity contribution in [2.75, 3.05) is 0 Å². The van der Waals surface area contributed by atoms with Crippen LogP contribution < -0.4 is 0 Å². The minimum absolute atomic E-state index is 0.390. The number of aromatic nitrogens is 2. The van der Waals surface area contributed by atoms with E-state index in [1.54, 1.807) is 0 Å². The largest absolute Gasteiger partial charge is 0.228 e. The lowest BCUT2D eigenvalue weighted by Crippen LogP contribution is -2.31. The summed E-state index contributed by atoms with van der Waals surface area (Å²) in [6.07, 6.45) is 0. The topological polar surface area (TPSA) is 25.8 Å². The van der Waals surface area contributed by atoms with E-state index in [4.69, 9.17) is 9.97 Å². The van der Waals surface area contributed by atoms with Crippen molar-refractivity contribution >= 4 is 43.3 Å². The van der Waals surface area contributed by atoms with Crippen LogP contribution in [0.4, 0.5) is 0 Å². The average Bonchev–Trinajstić information content (AvgIpc) is 3.71. The summed E-state index contributed by atoms with van der Waals surface area (Å²) in [6, 6.07) is 61.6. The van der Waals surface area contributed by atoms with Gasteiger partial charge in [0.25, 0.3) is 0 Å². The van der Waals surface area contributed by atoms with Crippen LogP contribution in [0.1, 0.15) is 22.3 Å². The van der Waals surface area contributed by atoms with Crippen LogP contribution in [0.3, 0.4) is 0 Å².